The van der Waals surface area contributed by atoms with Crippen LogP contribution < -0.4 is 0 Å². The van der Waals surface area contributed by atoms with Gasteiger partial charge in [-0.3, -0.25) is 4.79 Å². The SMILES string of the molecule is CCCCC1CCC(C(=O)Cc2cccc(Cl)c2F)CC1. The van der Waals surface area contributed by atoms with E-state index in [1.54, 1.807) is 12.1 Å². The van der Waals surface area contributed by atoms with Crippen LogP contribution in [-0.2, 0) is 11.2 Å². The molecule has 1 aromatic rings. The molecule has 1 aromatic carbocycles. The van der Waals surface area contributed by atoms with Gasteiger partial charge >= 0.3 is 0 Å². The molecule has 0 unspecified atom stereocenters. The molecule has 2 rings (SSSR count). The average molecular weight is 311 g/mol. The zero-order chi connectivity index (χ0) is 15.2. The van der Waals surface area contributed by atoms with E-state index in [1.165, 1.54) is 25.3 Å². The first-order valence-electron chi connectivity index (χ1n) is 8.07. The summed E-state index contributed by atoms with van der Waals surface area (Å²) in [6.45, 7) is 2.22. The molecule has 0 radical (unpaired) electrons. The lowest BCUT2D eigenvalue weighted by molar-refractivity contribution is -0.123. The number of halogens is 2. The second-order valence-electron chi connectivity index (χ2n) is 6.22. The minimum absolute atomic E-state index is 0.101. The van der Waals surface area contributed by atoms with Gasteiger partial charge in [0.15, 0.2) is 0 Å². The molecule has 21 heavy (non-hydrogen) atoms. The van der Waals surface area contributed by atoms with Crippen LogP contribution in [0, 0.1) is 17.7 Å². The lowest BCUT2D eigenvalue weighted by Crippen LogP contribution is -2.23. The van der Waals surface area contributed by atoms with Crippen molar-refractivity contribution in [1.29, 1.82) is 0 Å². The Morgan fingerprint density at radius 2 is 2.00 bits per heavy atom. The molecular weight excluding hydrogens is 287 g/mol. The van der Waals surface area contributed by atoms with Crippen LogP contribution in [0.3, 0.4) is 0 Å². The lowest BCUT2D eigenvalue weighted by atomic mass is 9.77. The number of hydrogen-bond donors (Lipinski definition) is 0. The smallest absolute Gasteiger partial charge is 0.145 e. The van der Waals surface area contributed by atoms with Gasteiger partial charge in [-0.15, -0.1) is 0 Å². The van der Waals surface area contributed by atoms with Gasteiger partial charge in [-0.05, 0) is 43.2 Å². The Labute approximate surface area is 131 Å². The number of Topliss-reactive ketones (excluding diaryl/α,β-unsaturated/α-hetero) is 1. The first kappa shape index (κ1) is 16.5. The highest BCUT2D eigenvalue weighted by atomic mass is 35.5. The van der Waals surface area contributed by atoms with Crippen LogP contribution in [0.15, 0.2) is 18.2 Å². The van der Waals surface area contributed by atoms with Crippen LogP contribution in [0.1, 0.15) is 57.4 Å². The second-order valence-corrected chi connectivity index (χ2v) is 6.62. The predicted molar refractivity (Wildman–Crippen MR) is 85.1 cm³/mol. The summed E-state index contributed by atoms with van der Waals surface area (Å²) in [5.41, 5.74) is 0.431. The molecule has 0 atom stereocenters. The average Bonchev–Trinajstić information content (AvgIpc) is 2.50. The molecule has 1 aliphatic rings. The largest absolute Gasteiger partial charge is 0.299 e. The third kappa shape index (κ3) is 4.54. The monoisotopic (exact) mass is 310 g/mol. The number of unbranched alkanes of at least 4 members (excludes halogenated alkanes) is 1. The topological polar surface area (TPSA) is 17.1 Å². The van der Waals surface area contributed by atoms with E-state index in [4.69, 9.17) is 11.6 Å². The van der Waals surface area contributed by atoms with Gasteiger partial charge in [-0.25, -0.2) is 4.39 Å². The summed E-state index contributed by atoms with van der Waals surface area (Å²) in [6.07, 6.45) is 8.23. The van der Waals surface area contributed by atoms with E-state index in [0.717, 1.165) is 31.6 Å². The fourth-order valence-electron chi connectivity index (χ4n) is 3.28. The number of ketones is 1. The minimum Gasteiger partial charge on any atom is -0.299 e. The molecule has 116 valence electrons. The summed E-state index contributed by atoms with van der Waals surface area (Å²) in [5, 5.41) is 0.101. The maximum Gasteiger partial charge on any atom is 0.145 e. The molecule has 1 aliphatic carbocycles. The molecule has 1 saturated carbocycles. The predicted octanol–water partition coefficient (Wildman–Crippen LogP) is 5.59. The molecule has 0 aromatic heterocycles. The van der Waals surface area contributed by atoms with E-state index >= 15 is 0 Å². The highest BCUT2D eigenvalue weighted by Crippen LogP contribution is 2.33. The van der Waals surface area contributed by atoms with E-state index in [2.05, 4.69) is 6.92 Å². The maximum absolute atomic E-state index is 13.8. The molecule has 1 nitrogen and oxygen atoms in total. The van der Waals surface area contributed by atoms with E-state index in [-0.39, 0.29) is 23.1 Å². The van der Waals surface area contributed by atoms with E-state index < -0.39 is 5.82 Å². The van der Waals surface area contributed by atoms with Crippen LogP contribution in [0.4, 0.5) is 4.39 Å². The van der Waals surface area contributed by atoms with Crippen LogP contribution in [0.2, 0.25) is 5.02 Å². The van der Waals surface area contributed by atoms with Gasteiger partial charge in [0.1, 0.15) is 11.6 Å². The Kier molecular flexibility index (Phi) is 6.22. The van der Waals surface area contributed by atoms with Crippen molar-refractivity contribution in [1.82, 2.24) is 0 Å². The zero-order valence-electron chi connectivity index (χ0n) is 12.7. The summed E-state index contributed by atoms with van der Waals surface area (Å²) >= 11 is 5.76. The van der Waals surface area contributed by atoms with Crippen LogP contribution in [0.25, 0.3) is 0 Å². The fraction of sp³-hybridized carbons (Fsp3) is 0.611. The Bertz CT molecular complexity index is 478. The Hall–Kier alpha value is -0.890. The van der Waals surface area contributed by atoms with Crippen molar-refractivity contribution in [2.45, 2.75) is 58.3 Å². The van der Waals surface area contributed by atoms with Crippen molar-refractivity contribution in [3.63, 3.8) is 0 Å². The molecule has 0 saturated heterocycles. The van der Waals surface area contributed by atoms with Crippen molar-refractivity contribution in [2.24, 2.45) is 11.8 Å². The molecular formula is C18H24ClFO. The van der Waals surface area contributed by atoms with Gasteiger partial charge in [0, 0.05) is 12.3 Å². The molecule has 0 aliphatic heterocycles. The first-order valence-corrected chi connectivity index (χ1v) is 8.45. The molecule has 1 fully saturated rings. The van der Waals surface area contributed by atoms with Gasteiger partial charge in [0.25, 0.3) is 0 Å². The number of benzene rings is 1. The van der Waals surface area contributed by atoms with Crippen molar-refractivity contribution >= 4 is 17.4 Å². The summed E-state index contributed by atoms with van der Waals surface area (Å²) in [5.74, 6) is 0.632. The minimum atomic E-state index is -0.441. The third-order valence-electron chi connectivity index (χ3n) is 4.66. The number of carbonyl (C=O) groups excluding carboxylic acids is 1. The second kappa shape index (κ2) is 7.93. The highest BCUT2D eigenvalue weighted by Gasteiger charge is 2.26. The van der Waals surface area contributed by atoms with Crippen molar-refractivity contribution in [2.75, 3.05) is 0 Å². The molecule has 0 N–H and O–H groups in total. The zero-order valence-corrected chi connectivity index (χ0v) is 13.5. The Morgan fingerprint density at radius 1 is 1.29 bits per heavy atom. The summed E-state index contributed by atoms with van der Waals surface area (Å²) < 4.78 is 13.8. The summed E-state index contributed by atoms with van der Waals surface area (Å²) in [4.78, 5) is 12.3. The van der Waals surface area contributed by atoms with Gasteiger partial charge < -0.3 is 0 Å². The van der Waals surface area contributed by atoms with Crippen molar-refractivity contribution in [3.8, 4) is 0 Å². The van der Waals surface area contributed by atoms with Crippen molar-refractivity contribution < 1.29 is 9.18 Å². The fourth-order valence-corrected chi connectivity index (χ4v) is 3.48. The Balaban J connectivity index is 1.86. The number of rotatable bonds is 6. The summed E-state index contributed by atoms with van der Waals surface area (Å²) in [7, 11) is 0. The van der Waals surface area contributed by atoms with Crippen LogP contribution >= 0.6 is 11.6 Å². The van der Waals surface area contributed by atoms with Crippen LogP contribution in [0.5, 0.6) is 0 Å². The summed E-state index contributed by atoms with van der Waals surface area (Å²) in [6, 6.07) is 4.88. The molecule has 0 heterocycles. The highest BCUT2D eigenvalue weighted by molar-refractivity contribution is 6.30. The standard InChI is InChI=1S/C18H24ClFO/c1-2-3-5-13-8-10-14(11-9-13)17(21)12-15-6-4-7-16(19)18(15)20/h4,6-7,13-14H,2-3,5,8-12H2,1H3. The maximum atomic E-state index is 13.8. The van der Waals surface area contributed by atoms with Crippen molar-refractivity contribution in [3.05, 3.63) is 34.6 Å². The van der Waals surface area contributed by atoms with Gasteiger partial charge in [-0.1, -0.05) is 49.9 Å². The molecule has 3 heteroatoms. The lowest BCUT2D eigenvalue weighted by Gasteiger charge is -2.27. The van der Waals surface area contributed by atoms with Gasteiger partial charge in [0.2, 0.25) is 0 Å². The molecule has 0 spiro atoms. The normalized spacial score (nSPS) is 22.2. The van der Waals surface area contributed by atoms with E-state index in [9.17, 15) is 9.18 Å². The molecule has 0 bridgehead atoms. The molecule has 0 amide bonds. The first-order chi connectivity index (χ1) is 10.1. The Morgan fingerprint density at radius 3 is 2.67 bits per heavy atom. The quantitative estimate of drug-likeness (QED) is 0.669. The third-order valence-corrected chi connectivity index (χ3v) is 4.96. The van der Waals surface area contributed by atoms with Gasteiger partial charge in [0.05, 0.1) is 5.02 Å². The van der Waals surface area contributed by atoms with Crippen LogP contribution in [-0.4, -0.2) is 5.78 Å². The van der Waals surface area contributed by atoms with E-state index in [1.807, 2.05) is 0 Å². The van der Waals surface area contributed by atoms with E-state index in [0.29, 0.717) is 5.56 Å². The number of hydrogen-bond acceptors (Lipinski definition) is 1. The van der Waals surface area contributed by atoms with Gasteiger partial charge in [-0.2, -0.15) is 0 Å². The number of carbonyl (C=O) groups is 1.